The Labute approximate surface area is 82.3 Å². The average Bonchev–Trinajstić information content (AvgIpc) is 2.11. The number of hydrogen-bond donors (Lipinski definition) is 1. The maximum atomic E-state index is 8.79. The fourth-order valence-electron chi connectivity index (χ4n) is 1.08. The second-order valence-electron chi connectivity index (χ2n) is 4.42. The first-order chi connectivity index (χ1) is 6.02. The summed E-state index contributed by atoms with van der Waals surface area (Å²) < 4.78 is 0. The fourth-order valence-corrected chi connectivity index (χ4v) is 1.08. The molecule has 0 saturated heterocycles. The summed E-state index contributed by atoms with van der Waals surface area (Å²) in [5.74, 6) is 0. The molecule has 0 amide bonds. The molecule has 0 radical (unpaired) electrons. The molecule has 13 heavy (non-hydrogen) atoms. The molecule has 1 N–H and O–H groups in total. The molecule has 76 valence electrons. The van der Waals surface area contributed by atoms with Crippen molar-refractivity contribution in [3.63, 3.8) is 0 Å². The van der Waals surface area contributed by atoms with Crippen LogP contribution < -0.4 is 5.32 Å². The molecule has 0 aromatic heterocycles. The standard InChI is InChI=1S/C11H22N2/c1-5-6-7-10(2)13-9-11(3,4)8-12/h10,13H,5-7,9H2,1-4H3. The predicted octanol–water partition coefficient (Wildman–Crippen LogP) is 2.70. The van der Waals surface area contributed by atoms with E-state index in [1.807, 2.05) is 13.8 Å². The highest BCUT2D eigenvalue weighted by Crippen LogP contribution is 2.11. The van der Waals surface area contributed by atoms with E-state index in [2.05, 4.69) is 25.2 Å². The van der Waals surface area contributed by atoms with Gasteiger partial charge in [0.2, 0.25) is 0 Å². The van der Waals surface area contributed by atoms with E-state index in [1.54, 1.807) is 0 Å². The van der Waals surface area contributed by atoms with Crippen LogP contribution in [0, 0.1) is 16.7 Å². The SMILES string of the molecule is CCCCC(C)NCC(C)(C)C#N. The molecular formula is C11H22N2. The van der Waals surface area contributed by atoms with Crippen molar-refractivity contribution in [2.24, 2.45) is 5.41 Å². The van der Waals surface area contributed by atoms with Crippen molar-refractivity contribution >= 4 is 0 Å². The first kappa shape index (κ1) is 12.4. The minimum absolute atomic E-state index is 0.236. The highest BCUT2D eigenvalue weighted by atomic mass is 14.9. The highest BCUT2D eigenvalue weighted by molar-refractivity contribution is 4.93. The number of unbranched alkanes of at least 4 members (excludes halogenated alkanes) is 1. The Kier molecular flexibility index (Phi) is 5.73. The predicted molar refractivity (Wildman–Crippen MR) is 56.4 cm³/mol. The molecule has 0 aliphatic carbocycles. The topological polar surface area (TPSA) is 35.8 Å². The van der Waals surface area contributed by atoms with Crippen LogP contribution in [0.5, 0.6) is 0 Å². The van der Waals surface area contributed by atoms with Crippen LogP contribution in [0.4, 0.5) is 0 Å². The van der Waals surface area contributed by atoms with Gasteiger partial charge >= 0.3 is 0 Å². The van der Waals surface area contributed by atoms with E-state index in [1.165, 1.54) is 19.3 Å². The van der Waals surface area contributed by atoms with E-state index >= 15 is 0 Å². The smallest absolute Gasteiger partial charge is 0.0697 e. The van der Waals surface area contributed by atoms with Crippen molar-refractivity contribution in [3.05, 3.63) is 0 Å². The summed E-state index contributed by atoms with van der Waals surface area (Å²) in [5, 5.41) is 12.2. The summed E-state index contributed by atoms with van der Waals surface area (Å²) in [6.45, 7) is 9.10. The monoisotopic (exact) mass is 182 g/mol. The first-order valence-corrected chi connectivity index (χ1v) is 5.16. The molecule has 0 rings (SSSR count). The summed E-state index contributed by atoms with van der Waals surface area (Å²) >= 11 is 0. The molecule has 0 aromatic carbocycles. The van der Waals surface area contributed by atoms with Gasteiger partial charge in [-0.3, -0.25) is 0 Å². The van der Waals surface area contributed by atoms with E-state index in [-0.39, 0.29) is 5.41 Å². The van der Waals surface area contributed by atoms with Crippen LogP contribution in [0.25, 0.3) is 0 Å². The minimum atomic E-state index is -0.236. The molecule has 0 aliphatic rings. The normalized spacial score (nSPS) is 13.8. The van der Waals surface area contributed by atoms with Gasteiger partial charge in [0.15, 0.2) is 0 Å². The largest absolute Gasteiger partial charge is 0.313 e. The summed E-state index contributed by atoms with van der Waals surface area (Å²) in [6, 6.07) is 2.83. The van der Waals surface area contributed by atoms with Gasteiger partial charge in [-0.15, -0.1) is 0 Å². The molecular weight excluding hydrogens is 160 g/mol. The number of rotatable bonds is 6. The van der Waals surface area contributed by atoms with Crippen molar-refractivity contribution < 1.29 is 0 Å². The van der Waals surface area contributed by atoms with Gasteiger partial charge in [0, 0.05) is 12.6 Å². The molecule has 0 saturated carbocycles. The molecule has 2 heteroatoms. The summed E-state index contributed by atoms with van der Waals surface area (Å²) in [4.78, 5) is 0. The van der Waals surface area contributed by atoms with Crippen LogP contribution in [0.15, 0.2) is 0 Å². The molecule has 0 spiro atoms. The lowest BCUT2D eigenvalue weighted by Gasteiger charge is -2.20. The van der Waals surface area contributed by atoms with Gasteiger partial charge in [0.05, 0.1) is 11.5 Å². The molecule has 0 heterocycles. The maximum Gasteiger partial charge on any atom is 0.0697 e. The van der Waals surface area contributed by atoms with Gasteiger partial charge < -0.3 is 5.32 Å². The van der Waals surface area contributed by atoms with E-state index in [0.717, 1.165) is 6.54 Å². The van der Waals surface area contributed by atoms with Crippen molar-refractivity contribution in [2.75, 3.05) is 6.54 Å². The Morgan fingerprint density at radius 3 is 2.54 bits per heavy atom. The minimum Gasteiger partial charge on any atom is -0.313 e. The second kappa shape index (κ2) is 5.99. The lowest BCUT2D eigenvalue weighted by Crippen LogP contribution is -2.34. The Morgan fingerprint density at radius 2 is 2.08 bits per heavy atom. The third-order valence-corrected chi connectivity index (χ3v) is 2.19. The van der Waals surface area contributed by atoms with E-state index in [0.29, 0.717) is 6.04 Å². The average molecular weight is 182 g/mol. The number of nitrogens with one attached hydrogen (secondary N) is 1. The fraction of sp³-hybridized carbons (Fsp3) is 0.909. The third kappa shape index (κ3) is 6.60. The van der Waals surface area contributed by atoms with Crippen LogP contribution >= 0.6 is 0 Å². The first-order valence-electron chi connectivity index (χ1n) is 5.16. The molecule has 0 bridgehead atoms. The molecule has 0 fully saturated rings. The van der Waals surface area contributed by atoms with E-state index < -0.39 is 0 Å². The zero-order valence-corrected chi connectivity index (χ0v) is 9.35. The van der Waals surface area contributed by atoms with Gasteiger partial charge in [-0.25, -0.2) is 0 Å². The quantitative estimate of drug-likeness (QED) is 0.685. The zero-order chi connectivity index (χ0) is 10.3. The highest BCUT2D eigenvalue weighted by Gasteiger charge is 2.16. The maximum absolute atomic E-state index is 8.79. The summed E-state index contributed by atoms with van der Waals surface area (Å²) in [5.41, 5.74) is -0.236. The Hall–Kier alpha value is -0.550. The lowest BCUT2D eigenvalue weighted by atomic mass is 9.95. The van der Waals surface area contributed by atoms with Gasteiger partial charge in [-0.05, 0) is 27.2 Å². The van der Waals surface area contributed by atoms with Gasteiger partial charge in [-0.2, -0.15) is 5.26 Å². The molecule has 1 unspecified atom stereocenters. The van der Waals surface area contributed by atoms with Crippen LogP contribution in [-0.4, -0.2) is 12.6 Å². The Balaban J connectivity index is 3.58. The van der Waals surface area contributed by atoms with Crippen LogP contribution in [0.1, 0.15) is 47.0 Å². The van der Waals surface area contributed by atoms with Crippen molar-refractivity contribution in [3.8, 4) is 6.07 Å². The Morgan fingerprint density at radius 1 is 1.46 bits per heavy atom. The molecule has 0 aromatic rings. The van der Waals surface area contributed by atoms with Crippen LogP contribution in [0.3, 0.4) is 0 Å². The number of nitriles is 1. The number of hydrogen-bond acceptors (Lipinski definition) is 2. The van der Waals surface area contributed by atoms with Gasteiger partial charge in [0.25, 0.3) is 0 Å². The molecule has 0 aliphatic heterocycles. The van der Waals surface area contributed by atoms with E-state index in [4.69, 9.17) is 5.26 Å². The van der Waals surface area contributed by atoms with Crippen LogP contribution in [-0.2, 0) is 0 Å². The van der Waals surface area contributed by atoms with Crippen molar-refractivity contribution in [1.29, 1.82) is 5.26 Å². The molecule has 1 atom stereocenters. The summed E-state index contributed by atoms with van der Waals surface area (Å²) in [7, 11) is 0. The van der Waals surface area contributed by atoms with E-state index in [9.17, 15) is 0 Å². The van der Waals surface area contributed by atoms with Crippen molar-refractivity contribution in [1.82, 2.24) is 5.32 Å². The Bertz CT molecular complexity index is 167. The van der Waals surface area contributed by atoms with Gasteiger partial charge in [0.1, 0.15) is 0 Å². The second-order valence-corrected chi connectivity index (χ2v) is 4.42. The third-order valence-electron chi connectivity index (χ3n) is 2.19. The molecule has 2 nitrogen and oxygen atoms in total. The lowest BCUT2D eigenvalue weighted by molar-refractivity contribution is 0.395. The van der Waals surface area contributed by atoms with Gasteiger partial charge in [-0.1, -0.05) is 19.8 Å². The van der Waals surface area contributed by atoms with Crippen LogP contribution in [0.2, 0.25) is 0 Å². The van der Waals surface area contributed by atoms with Crippen molar-refractivity contribution in [2.45, 2.75) is 53.0 Å². The number of nitrogens with zero attached hydrogens (tertiary/aromatic N) is 1. The zero-order valence-electron chi connectivity index (χ0n) is 9.35. The summed E-state index contributed by atoms with van der Waals surface area (Å²) in [6.07, 6.45) is 3.72.